The largest absolute Gasteiger partial charge is 0.484 e. The van der Waals surface area contributed by atoms with Gasteiger partial charge in [0.2, 0.25) is 5.91 Å². The van der Waals surface area contributed by atoms with Crippen molar-refractivity contribution in [2.24, 2.45) is 11.3 Å². The van der Waals surface area contributed by atoms with Gasteiger partial charge in [-0.25, -0.2) is 9.40 Å². The third-order valence-corrected chi connectivity index (χ3v) is 6.98. The fourth-order valence-electron chi connectivity index (χ4n) is 5.08. The van der Waals surface area contributed by atoms with E-state index in [0.29, 0.717) is 31.0 Å². The van der Waals surface area contributed by atoms with E-state index in [1.54, 1.807) is 0 Å². The van der Waals surface area contributed by atoms with Crippen LogP contribution in [-0.2, 0) is 9.59 Å². The number of hydrogen-bond donors (Lipinski definition) is 3. The fraction of sp³-hybridized carbons (Fsp3) is 0.619. The van der Waals surface area contributed by atoms with Crippen molar-refractivity contribution in [3.63, 3.8) is 0 Å². The third-order valence-electron chi connectivity index (χ3n) is 6.67. The van der Waals surface area contributed by atoms with E-state index in [1.807, 2.05) is 7.05 Å². The first kappa shape index (κ1) is 21.3. The Bertz CT molecular complexity index is 832. The van der Waals surface area contributed by atoms with Crippen LogP contribution in [0, 0.1) is 17.2 Å². The van der Waals surface area contributed by atoms with Crippen LogP contribution >= 0.6 is 11.6 Å². The Morgan fingerprint density at radius 3 is 2.80 bits per heavy atom. The van der Waals surface area contributed by atoms with E-state index >= 15 is 0 Å². The van der Waals surface area contributed by atoms with Crippen LogP contribution in [0.4, 0.5) is 4.39 Å². The van der Waals surface area contributed by atoms with Gasteiger partial charge in [0.1, 0.15) is 11.6 Å². The van der Waals surface area contributed by atoms with Crippen molar-refractivity contribution in [3.8, 4) is 5.75 Å². The molecule has 3 N–H and O–H groups in total. The molecule has 1 aliphatic heterocycles. The number of likely N-dealkylation sites (N-methyl/N-ethyl adjacent to an activating group) is 1. The molecule has 0 spiro atoms. The Hall–Kier alpha value is -1.90. The second-order valence-corrected chi connectivity index (χ2v) is 9.34. The molecule has 0 radical (unpaired) electrons. The minimum absolute atomic E-state index is 0.00598. The maximum absolute atomic E-state index is 13.5. The number of carbonyl (C=O) groups excluding carboxylic acids is 2. The van der Waals surface area contributed by atoms with Crippen molar-refractivity contribution < 1.29 is 18.7 Å². The van der Waals surface area contributed by atoms with E-state index < -0.39 is 5.82 Å². The van der Waals surface area contributed by atoms with Crippen LogP contribution < -0.4 is 20.8 Å². The van der Waals surface area contributed by atoms with Crippen molar-refractivity contribution in [2.75, 3.05) is 20.2 Å². The zero-order valence-corrected chi connectivity index (χ0v) is 18.0. The molecule has 164 valence electrons. The predicted molar refractivity (Wildman–Crippen MR) is 110 cm³/mol. The van der Waals surface area contributed by atoms with Gasteiger partial charge in [-0.1, -0.05) is 11.6 Å². The van der Waals surface area contributed by atoms with Gasteiger partial charge in [-0.15, -0.1) is 0 Å². The first-order chi connectivity index (χ1) is 14.3. The van der Waals surface area contributed by atoms with Gasteiger partial charge in [-0.3, -0.25) is 15.0 Å². The summed E-state index contributed by atoms with van der Waals surface area (Å²) in [6.07, 6.45) is 3.27. The summed E-state index contributed by atoms with van der Waals surface area (Å²) >= 11 is 5.64. The Kier molecular flexibility index (Phi) is 5.92. The quantitative estimate of drug-likeness (QED) is 0.605. The topological polar surface area (TPSA) is 82.7 Å². The highest BCUT2D eigenvalue weighted by Crippen LogP contribution is 2.58. The summed E-state index contributed by atoms with van der Waals surface area (Å²) in [5.74, 6) is -0.196. The monoisotopic (exact) mass is 438 g/mol. The Morgan fingerprint density at radius 2 is 2.13 bits per heavy atom. The summed E-state index contributed by atoms with van der Waals surface area (Å²) in [6.45, 7) is 2.55. The molecule has 5 rings (SSSR count). The molecular weight excluding hydrogens is 411 g/mol. The van der Waals surface area contributed by atoms with Gasteiger partial charge in [0.05, 0.1) is 10.4 Å². The zero-order chi connectivity index (χ0) is 21.5. The zero-order valence-electron chi connectivity index (χ0n) is 17.2. The predicted octanol–water partition coefficient (Wildman–Crippen LogP) is 1.86. The van der Waals surface area contributed by atoms with Crippen molar-refractivity contribution in [1.29, 1.82) is 0 Å². The van der Waals surface area contributed by atoms with Gasteiger partial charge in [0.15, 0.2) is 6.61 Å². The summed E-state index contributed by atoms with van der Waals surface area (Å²) in [7, 11) is 2.00. The summed E-state index contributed by atoms with van der Waals surface area (Å²) in [6, 6.07) is 4.74. The normalized spacial score (nSPS) is 32.5. The second-order valence-electron chi connectivity index (χ2n) is 8.93. The third kappa shape index (κ3) is 4.26. The van der Waals surface area contributed by atoms with Crippen LogP contribution in [0.3, 0.4) is 0 Å². The number of nitrogens with zero attached hydrogens (tertiary/aromatic N) is 1. The molecule has 3 unspecified atom stereocenters. The molecule has 4 aliphatic rings. The highest BCUT2D eigenvalue weighted by molar-refractivity contribution is 6.30. The molecule has 3 saturated carbocycles. The minimum Gasteiger partial charge on any atom is -0.484 e. The van der Waals surface area contributed by atoms with Crippen LogP contribution in [0.25, 0.3) is 0 Å². The number of benzene rings is 1. The van der Waals surface area contributed by atoms with Crippen LogP contribution in [0.5, 0.6) is 5.75 Å². The molecule has 9 heteroatoms. The van der Waals surface area contributed by atoms with E-state index in [0.717, 1.165) is 25.3 Å². The number of rotatable bonds is 7. The molecule has 3 atom stereocenters. The first-order valence-corrected chi connectivity index (χ1v) is 10.8. The molecule has 3 aliphatic carbocycles. The average molecular weight is 439 g/mol. The van der Waals surface area contributed by atoms with Crippen LogP contribution in [0.2, 0.25) is 5.02 Å². The summed E-state index contributed by atoms with van der Waals surface area (Å²) in [5, 5.41) is 8.17. The molecular formula is C21H28ClFN4O3. The van der Waals surface area contributed by atoms with E-state index in [1.165, 1.54) is 12.1 Å². The number of halogens is 2. The Morgan fingerprint density at radius 1 is 1.37 bits per heavy atom. The van der Waals surface area contributed by atoms with Gasteiger partial charge in [-0.2, -0.15) is 0 Å². The summed E-state index contributed by atoms with van der Waals surface area (Å²) in [5.41, 5.74) is 2.97. The number of hydrogen-bond acceptors (Lipinski definition) is 5. The molecule has 30 heavy (non-hydrogen) atoms. The molecule has 1 saturated heterocycles. The van der Waals surface area contributed by atoms with Crippen LogP contribution in [0.1, 0.15) is 32.6 Å². The van der Waals surface area contributed by atoms with Crippen molar-refractivity contribution in [3.05, 3.63) is 29.0 Å². The lowest BCUT2D eigenvalue weighted by Gasteiger charge is -2.37. The number of carbonyl (C=O) groups is 2. The highest BCUT2D eigenvalue weighted by Gasteiger charge is 2.60. The maximum atomic E-state index is 13.5. The standard InChI is InChI=1S/C21H28ClFN4O3/c1-12-5-14(27(2)26-12)10-24-20(29)21-7-13(8-21)18(9-21)25-19(28)11-30-15-3-4-16(22)17(23)6-15/h3-4,6,12-14,18,26H,5,7-11H2,1-2H3,(H,24,29)(H,25,28). The molecule has 2 bridgehead atoms. The molecule has 1 aromatic carbocycles. The molecule has 4 fully saturated rings. The fourth-order valence-corrected chi connectivity index (χ4v) is 5.20. The highest BCUT2D eigenvalue weighted by atomic mass is 35.5. The summed E-state index contributed by atoms with van der Waals surface area (Å²) in [4.78, 5) is 25.1. The van der Waals surface area contributed by atoms with E-state index in [2.05, 4.69) is 28.0 Å². The molecule has 1 heterocycles. The van der Waals surface area contributed by atoms with Crippen molar-refractivity contribution >= 4 is 23.4 Å². The van der Waals surface area contributed by atoms with Crippen molar-refractivity contribution in [2.45, 2.75) is 50.7 Å². The number of fused-ring (bicyclic) bond motifs is 1. The first-order valence-electron chi connectivity index (χ1n) is 10.4. The summed E-state index contributed by atoms with van der Waals surface area (Å²) < 4.78 is 18.8. The SMILES string of the molecule is CC1CC(CNC(=O)C23CC(C2)C(NC(=O)COc2ccc(Cl)c(F)c2)C3)N(C)N1. The number of nitrogens with one attached hydrogen (secondary N) is 3. The lowest BCUT2D eigenvalue weighted by Crippen LogP contribution is -2.48. The van der Waals surface area contributed by atoms with Gasteiger partial charge in [-0.05, 0) is 50.7 Å². The van der Waals surface area contributed by atoms with E-state index in [4.69, 9.17) is 16.3 Å². The van der Waals surface area contributed by atoms with Gasteiger partial charge in [0.25, 0.3) is 5.91 Å². The molecule has 2 amide bonds. The minimum atomic E-state index is -0.590. The molecule has 7 nitrogen and oxygen atoms in total. The number of ether oxygens (including phenoxy) is 1. The van der Waals surface area contributed by atoms with E-state index in [-0.39, 0.29) is 40.7 Å². The van der Waals surface area contributed by atoms with Crippen LogP contribution in [0.15, 0.2) is 18.2 Å². The lowest BCUT2D eigenvalue weighted by atomic mass is 9.69. The van der Waals surface area contributed by atoms with Crippen molar-refractivity contribution in [1.82, 2.24) is 21.1 Å². The molecule has 0 aromatic heterocycles. The molecule has 1 aromatic rings. The Labute approximate surface area is 180 Å². The van der Waals surface area contributed by atoms with Gasteiger partial charge >= 0.3 is 0 Å². The Balaban J connectivity index is 1.22. The lowest BCUT2D eigenvalue weighted by molar-refractivity contribution is -0.135. The van der Waals surface area contributed by atoms with Gasteiger partial charge in [0, 0.05) is 37.8 Å². The van der Waals surface area contributed by atoms with Crippen LogP contribution in [-0.4, -0.2) is 55.1 Å². The second kappa shape index (κ2) is 8.32. The van der Waals surface area contributed by atoms with E-state index in [9.17, 15) is 14.0 Å². The maximum Gasteiger partial charge on any atom is 0.258 e. The average Bonchev–Trinajstić information content (AvgIpc) is 3.31. The number of hydrazine groups is 1. The smallest absolute Gasteiger partial charge is 0.258 e. The number of amides is 2. The van der Waals surface area contributed by atoms with Gasteiger partial charge < -0.3 is 15.4 Å².